The summed E-state index contributed by atoms with van der Waals surface area (Å²) in [5.41, 5.74) is -0.286. The van der Waals surface area contributed by atoms with E-state index < -0.39 is 0 Å². The van der Waals surface area contributed by atoms with Crippen LogP contribution in [0.4, 0.5) is 0 Å². The van der Waals surface area contributed by atoms with Crippen LogP contribution in [0.15, 0.2) is 0 Å². The molecule has 110 valence electrons. The molecule has 2 atom stereocenters. The third-order valence-corrected chi connectivity index (χ3v) is 6.52. The summed E-state index contributed by atoms with van der Waals surface area (Å²) < 4.78 is 0. The van der Waals surface area contributed by atoms with E-state index in [0.717, 1.165) is 12.3 Å². The van der Waals surface area contributed by atoms with Crippen LogP contribution in [0.3, 0.4) is 0 Å². The monoisotopic (exact) mass is 264 g/mol. The van der Waals surface area contributed by atoms with E-state index in [0.29, 0.717) is 11.8 Å². The number of rotatable bonds is 2. The predicted molar refractivity (Wildman–Crippen MR) is 80.1 cm³/mol. The number of aliphatic hydroxyl groups is 1. The molecule has 2 unspecified atom stereocenters. The van der Waals surface area contributed by atoms with Crippen molar-refractivity contribution >= 4 is 0 Å². The van der Waals surface area contributed by atoms with Crippen molar-refractivity contribution in [2.45, 2.75) is 95.5 Å². The SMILES string of the molecule is OC1(C2CCCCC2)CCCCCC1C1CCCC1. The van der Waals surface area contributed by atoms with Gasteiger partial charge in [-0.1, -0.05) is 64.2 Å². The van der Waals surface area contributed by atoms with Crippen LogP contribution in [-0.2, 0) is 0 Å². The summed E-state index contributed by atoms with van der Waals surface area (Å²) >= 11 is 0. The van der Waals surface area contributed by atoms with Crippen LogP contribution in [0.1, 0.15) is 89.9 Å². The molecular formula is C18H32O. The molecule has 1 N–H and O–H groups in total. The summed E-state index contributed by atoms with van der Waals surface area (Å²) in [7, 11) is 0. The Bertz CT molecular complexity index is 275. The quantitative estimate of drug-likeness (QED) is 0.690. The second kappa shape index (κ2) is 6.16. The van der Waals surface area contributed by atoms with Gasteiger partial charge in [-0.2, -0.15) is 0 Å². The fraction of sp³-hybridized carbons (Fsp3) is 1.00. The van der Waals surface area contributed by atoms with E-state index in [2.05, 4.69) is 0 Å². The first-order valence-electron chi connectivity index (χ1n) is 9.03. The molecule has 3 aliphatic carbocycles. The Morgan fingerprint density at radius 1 is 0.632 bits per heavy atom. The van der Waals surface area contributed by atoms with E-state index >= 15 is 0 Å². The van der Waals surface area contributed by atoms with Crippen LogP contribution in [0, 0.1) is 17.8 Å². The maximum Gasteiger partial charge on any atom is 0.0706 e. The molecule has 0 radical (unpaired) electrons. The van der Waals surface area contributed by atoms with Crippen molar-refractivity contribution in [2.24, 2.45) is 17.8 Å². The molecule has 3 fully saturated rings. The Morgan fingerprint density at radius 2 is 1.21 bits per heavy atom. The molecule has 0 heterocycles. The average Bonchev–Trinajstić information content (AvgIpc) is 2.90. The van der Waals surface area contributed by atoms with Crippen molar-refractivity contribution < 1.29 is 5.11 Å². The highest BCUT2D eigenvalue weighted by Gasteiger charge is 2.47. The van der Waals surface area contributed by atoms with Crippen molar-refractivity contribution in [3.05, 3.63) is 0 Å². The van der Waals surface area contributed by atoms with Gasteiger partial charge in [0, 0.05) is 0 Å². The molecule has 0 aromatic carbocycles. The Hall–Kier alpha value is -0.0400. The summed E-state index contributed by atoms with van der Waals surface area (Å²) in [6, 6.07) is 0. The first kappa shape index (κ1) is 13.9. The molecule has 3 saturated carbocycles. The molecule has 0 amide bonds. The van der Waals surface area contributed by atoms with Crippen molar-refractivity contribution in [3.8, 4) is 0 Å². The van der Waals surface area contributed by atoms with E-state index in [1.165, 1.54) is 83.5 Å². The molecule has 19 heavy (non-hydrogen) atoms. The van der Waals surface area contributed by atoms with Gasteiger partial charge in [-0.15, -0.1) is 0 Å². The second-order valence-corrected chi connectivity index (χ2v) is 7.58. The first-order chi connectivity index (χ1) is 9.31. The van der Waals surface area contributed by atoms with Crippen LogP contribution in [0.5, 0.6) is 0 Å². The van der Waals surface area contributed by atoms with Gasteiger partial charge in [0.15, 0.2) is 0 Å². The Morgan fingerprint density at radius 3 is 1.95 bits per heavy atom. The average molecular weight is 264 g/mol. The van der Waals surface area contributed by atoms with Crippen molar-refractivity contribution in [1.82, 2.24) is 0 Å². The molecule has 0 aromatic heterocycles. The molecule has 3 aliphatic rings. The Labute approximate surface area is 119 Å². The smallest absolute Gasteiger partial charge is 0.0706 e. The normalized spacial score (nSPS) is 39.3. The van der Waals surface area contributed by atoms with E-state index in [9.17, 15) is 5.11 Å². The van der Waals surface area contributed by atoms with Gasteiger partial charge in [0.2, 0.25) is 0 Å². The second-order valence-electron chi connectivity index (χ2n) is 7.58. The lowest BCUT2D eigenvalue weighted by molar-refractivity contribution is -0.103. The minimum atomic E-state index is -0.286. The Balaban J connectivity index is 1.79. The minimum Gasteiger partial charge on any atom is -0.389 e. The summed E-state index contributed by atoms with van der Waals surface area (Å²) in [4.78, 5) is 0. The molecule has 0 saturated heterocycles. The highest BCUT2D eigenvalue weighted by molar-refractivity contribution is 4.98. The van der Waals surface area contributed by atoms with Gasteiger partial charge < -0.3 is 5.11 Å². The zero-order chi connectivity index (χ0) is 13.1. The molecule has 3 rings (SSSR count). The standard InChI is InChI=1S/C18H32O/c19-18(16-11-3-1-4-12-16)14-8-2-5-13-17(18)15-9-6-7-10-15/h15-17,19H,1-14H2. The third kappa shape index (κ3) is 2.86. The highest BCUT2D eigenvalue weighted by atomic mass is 16.3. The van der Waals surface area contributed by atoms with Crippen LogP contribution in [0.2, 0.25) is 0 Å². The van der Waals surface area contributed by atoms with Gasteiger partial charge in [-0.05, 0) is 43.4 Å². The zero-order valence-corrected chi connectivity index (χ0v) is 12.6. The highest BCUT2D eigenvalue weighted by Crippen LogP contribution is 2.49. The molecule has 0 aliphatic heterocycles. The molecule has 1 nitrogen and oxygen atoms in total. The lowest BCUT2D eigenvalue weighted by Crippen LogP contribution is -2.48. The fourth-order valence-corrected chi connectivity index (χ4v) is 5.50. The molecular weight excluding hydrogens is 232 g/mol. The third-order valence-electron chi connectivity index (χ3n) is 6.52. The van der Waals surface area contributed by atoms with E-state index in [1.807, 2.05) is 0 Å². The van der Waals surface area contributed by atoms with Crippen LogP contribution >= 0.6 is 0 Å². The van der Waals surface area contributed by atoms with Gasteiger partial charge in [0.1, 0.15) is 0 Å². The number of hydrogen-bond donors (Lipinski definition) is 1. The van der Waals surface area contributed by atoms with Crippen molar-refractivity contribution in [3.63, 3.8) is 0 Å². The summed E-state index contributed by atoms with van der Waals surface area (Å²) in [6.45, 7) is 0. The first-order valence-corrected chi connectivity index (χ1v) is 9.03. The maximum absolute atomic E-state index is 11.6. The lowest BCUT2D eigenvalue weighted by Gasteiger charge is -2.46. The van der Waals surface area contributed by atoms with E-state index in [1.54, 1.807) is 0 Å². The lowest BCUT2D eigenvalue weighted by atomic mass is 9.64. The van der Waals surface area contributed by atoms with Gasteiger partial charge in [0.05, 0.1) is 5.60 Å². The summed E-state index contributed by atoms with van der Waals surface area (Å²) in [6.07, 6.45) is 18.8. The van der Waals surface area contributed by atoms with Gasteiger partial charge in [-0.3, -0.25) is 0 Å². The fourth-order valence-electron chi connectivity index (χ4n) is 5.50. The predicted octanol–water partition coefficient (Wildman–Crippen LogP) is 5.07. The summed E-state index contributed by atoms with van der Waals surface area (Å²) in [5.74, 6) is 2.12. The van der Waals surface area contributed by atoms with Gasteiger partial charge >= 0.3 is 0 Å². The van der Waals surface area contributed by atoms with Crippen LogP contribution in [0.25, 0.3) is 0 Å². The molecule has 1 heteroatoms. The van der Waals surface area contributed by atoms with Crippen LogP contribution in [-0.4, -0.2) is 10.7 Å². The number of hydrogen-bond acceptors (Lipinski definition) is 1. The largest absolute Gasteiger partial charge is 0.389 e. The zero-order valence-electron chi connectivity index (χ0n) is 12.6. The van der Waals surface area contributed by atoms with Crippen molar-refractivity contribution in [2.75, 3.05) is 0 Å². The minimum absolute atomic E-state index is 0.286. The van der Waals surface area contributed by atoms with Crippen molar-refractivity contribution in [1.29, 1.82) is 0 Å². The topological polar surface area (TPSA) is 20.2 Å². The van der Waals surface area contributed by atoms with Crippen LogP contribution < -0.4 is 0 Å². The van der Waals surface area contributed by atoms with E-state index in [-0.39, 0.29) is 5.60 Å². The van der Waals surface area contributed by atoms with Gasteiger partial charge in [0.25, 0.3) is 0 Å². The molecule has 0 bridgehead atoms. The Kier molecular flexibility index (Phi) is 4.51. The summed E-state index contributed by atoms with van der Waals surface area (Å²) in [5, 5.41) is 11.6. The maximum atomic E-state index is 11.6. The molecule has 0 spiro atoms. The van der Waals surface area contributed by atoms with Gasteiger partial charge in [-0.25, -0.2) is 0 Å². The van der Waals surface area contributed by atoms with E-state index in [4.69, 9.17) is 0 Å². The molecule has 0 aromatic rings.